The summed E-state index contributed by atoms with van der Waals surface area (Å²) >= 11 is 0. The number of carbonyl (C=O) groups excluding carboxylic acids is 4. The van der Waals surface area contributed by atoms with E-state index in [-0.39, 0.29) is 26.3 Å². The molecule has 0 saturated carbocycles. The zero-order valence-corrected chi connectivity index (χ0v) is 24.1. The van der Waals surface area contributed by atoms with Crippen molar-refractivity contribution in [1.82, 2.24) is 15.5 Å². The second kappa shape index (κ2) is 13.8. The highest BCUT2D eigenvalue weighted by molar-refractivity contribution is 5.91. The molecule has 3 rings (SSSR count). The summed E-state index contributed by atoms with van der Waals surface area (Å²) in [5.74, 6) is -1.71. The Morgan fingerprint density at radius 1 is 0.976 bits per heavy atom. The third-order valence-electron chi connectivity index (χ3n) is 6.56. The van der Waals surface area contributed by atoms with Gasteiger partial charge in [-0.05, 0) is 45.2 Å². The van der Waals surface area contributed by atoms with Crippen LogP contribution in [0.4, 0.5) is 9.59 Å². The van der Waals surface area contributed by atoms with Crippen molar-refractivity contribution in [2.24, 2.45) is 5.92 Å². The summed E-state index contributed by atoms with van der Waals surface area (Å²) in [6.07, 6.45) is 0.360. The number of ether oxygens (including phenoxy) is 3. The van der Waals surface area contributed by atoms with Crippen LogP contribution in [0.15, 0.2) is 73.3 Å². The molecule has 2 aromatic carbocycles. The zero-order chi connectivity index (χ0) is 30.0. The number of amides is 3. The quantitative estimate of drug-likeness (QED) is 0.250. The van der Waals surface area contributed by atoms with Crippen molar-refractivity contribution in [3.63, 3.8) is 0 Å². The lowest BCUT2D eigenvalue weighted by molar-refractivity contribution is -0.154. The van der Waals surface area contributed by atoms with Crippen molar-refractivity contribution in [3.8, 4) is 0 Å². The maximum atomic E-state index is 13.8. The van der Waals surface area contributed by atoms with Crippen LogP contribution in [0.2, 0.25) is 0 Å². The Morgan fingerprint density at radius 2 is 1.54 bits per heavy atom. The van der Waals surface area contributed by atoms with Crippen molar-refractivity contribution in [3.05, 3.63) is 84.4 Å². The largest absolute Gasteiger partial charge is 0.459 e. The molecule has 1 saturated heterocycles. The Bertz CT molecular complexity index is 1210. The van der Waals surface area contributed by atoms with Crippen molar-refractivity contribution in [1.29, 1.82) is 0 Å². The van der Waals surface area contributed by atoms with E-state index in [1.807, 2.05) is 60.7 Å². The van der Waals surface area contributed by atoms with Gasteiger partial charge in [0.05, 0.1) is 6.54 Å². The molecule has 3 atom stereocenters. The van der Waals surface area contributed by atoms with E-state index in [9.17, 15) is 19.2 Å². The summed E-state index contributed by atoms with van der Waals surface area (Å²) in [4.78, 5) is 53.9. The van der Waals surface area contributed by atoms with Gasteiger partial charge in [-0.3, -0.25) is 4.79 Å². The molecule has 41 heavy (non-hydrogen) atoms. The normalized spacial score (nSPS) is 19.0. The number of carbonyl (C=O) groups is 4. The van der Waals surface area contributed by atoms with Crippen molar-refractivity contribution in [2.75, 3.05) is 13.1 Å². The van der Waals surface area contributed by atoms with Crippen LogP contribution < -0.4 is 10.6 Å². The monoisotopic (exact) mass is 565 g/mol. The van der Waals surface area contributed by atoms with Gasteiger partial charge in [0.2, 0.25) is 5.91 Å². The fourth-order valence-electron chi connectivity index (χ4n) is 4.60. The summed E-state index contributed by atoms with van der Waals surface area (Å²) in [6.45, 7) is 10.4. The van der Waals surface area contributed by atoms with Crippen LogP contribution in [0, 0.1) is 5.92 Å². The SMILES string of the molecule is C=CC[C@@H]1CN(C(=O)[C@H](C)NC(=O)OC(C)(C)C)C[C@]1(NC(=O)OCc1ccccc1)C(=O)OCc1ccccc1. The Balaban J connectivity index is 1.82. The summed E-state index contributed by atoms with van der Waals surface area (Å²) in [5, 5.41) is 5.28. The number of benzene rings is 2. The number of hydrogen-bond donors (Lipinski definition) is 2. The molecule has 1 aliphatic rings. The summed E-state index contributed by atoms with van der Waals surface area (Å²) in [6, 6.07) is 17.3. The second-order valence-electron chi connectivity index (χ2n) is 11.0. The molecule has 1 fully saturated rings. The molecule has 0 aliphatic carbocycles. The summed E-state index contributed by atoms with van der Waals surface area (Å²) in [7, 11) is 0. The van der Waals surface area contributed by atoms with E-state index in [1.165, 1.54) is 11.8 Å². The van der Waals surface area contributed by atoms with E-state index in [0.29, 0.717) is 6.42 Å². The predicted octanol–water partition coefficient (Wildman–Crippen LogP) is 4.34. The zero-order valence-electron chi connectivity index (χ0n) is 24.1. The van der Waals surface area contributed by atoms with Gasteiger partial charge >= 0.3 is 18.2 Å². The first kappa shape index (κ1) is 31.2. The fourth-order valence-corrected chi connectivity index (χ4v) is 4.60. The average molecular weight is 566 g/mol. The minimum atomic E-state index is -1.61. The molecule has 1 aliphatic heterocycles. The van der Waals surface area contributed by atoms with E-state index in [0.717, 1.165) is 11.1 Å². The number of allylic oxidation sites excluding steroid dienone is 1. The highest BCUT2D eigenvalue weighted by Gasteiger charge is 2.56. The lowest BCUT2D eigenvalue weighted by Crippen LogP contribution is -2.61. The van der Waals surface area contributed by atoms with Crippen molar-refractivity contribution >= 4 is 24.1 Å². The Morgan fingerprint density at radius 3 is 2.07 bits per heavy atom. The molecule has 0 radical (unpaired) electrons. The van der Waals surface area contributed by atoms with Crippen LogP contribution in [-0.4, -0.2) is 59.2 Å². The first-order valence-corrected chi connectivity index (χ1v) is 13.5. The summed E-state index contributed by atoms with van der Waals surface area (Å²) in [5.41, 5.74) is -0.810. The standard InChI is InChI=1S/C31H39N3O7/c1-6-13-25-18-34(26(35)22(2)32-28(37)41-30(3,4)5)21-31(25,27(36)39-19-23-14-9-7-10-15-23)33-29(38)40-20-24-16-11-8-12-17-24/h6-12,14-17,22,25H,1,13,18-21H2,2-5H3,(H,32,37)(H,33,38)/t22-,25+,31+/m0/s1. The van der Waals surface area contributed by atoms with Crippen molar-refractivity contribution in [2.45, 2.75) is 64.5 Å². The number of rotatable bonds is 10. The molecule has 0 aromatic heterocycles. The van der Waals surface area contributed by atoms with Gasteiger partial charge < -0.3 is 29.7 Å². The van der Waals surface area contributed by atoms with E-state index >= 15 is 0 Å². The molecular weight excluding hydrogens is 526 g/mol. The van der Waals surface area contributed by atoms with Gasteiger partial charge in [0.25, 0.3) is 0 Å². The topological polar surface area (TPSA) is 123 Å². The van der Waals surface area contributed by atoms with Crippen LogP contribution in [0.5, 0.6) is 0 Å². The van der Waals surface area contributed by atoms with Gasteiger partial charge in [-0.25, -0.2) is 14.4 Å². The van der Waals surface area contributed by atoms with Gasteiger partial charge in [0.1, 0.15) is 24.9 Å². The molecule has 2 N–H and O–H groups in total. The van der Waals surface area contributed by atoms with Gasteiger partial charge in [-0.15, -0.1) is 6.58 Å². The lowest BCUT2D eigenvalue weighted by atomic mass is 9.84. The average Bonchev–Trinajstić information content (AvgIpc) is 3.29. The maximum absolute atomic E-state index is 13.8. The van der Waals surface area contributed by atoms with Gasteiger partial charge in [0.15, 0.2) is 5.54 Å². The van der Waals surface area contributed by atoms with E-state index in [2.05, 4.69) is 17.2 Å². The molecule has 0 unspecified atom stereocenters. The number of nitrogens with zero attached hydrogens (tertiary/aromatic N) is 1. The Labute approximate surface area is 241 Å². The van der Waals surface area contributed by atoms with E-state index in [1.54, 1.807) is 26.8 Å². The number of nitrogens with one attached hydrogen (secondary N) is 2. The lowest BCUT2D eigenvalue weighted by Gasteiger charge is -2.32. The smallest absolute Gasteiger partial charge is 0.408 e. The van der Waals surface area contributed by atoms with Gasteiger partial charge in [-0.1, -0.05) is 66.7 Å². The van der Waals surface area contributed by atoms with Crippen molar-refractivity contribution < 1.29 is 33.4 Å². The molecular formula is C31H39N3O7. The fraction of sp³-hybridized carbons (Fsp3) is 0.419. The predicted molar refractivity (Wildman–Crippen MR) is 152 cm³/mol. The van der Waals surface area contributed by atoms with Crippen LogP contribution in [0.3, 0.4) is 0 Å². The molecule has 2 aromatic rings. The Kier molecular flexibility index (Phi) is 10.5. The highest BCUT2D eigenvalue weighted by Crippen LogP contribution is 2.33. The minimum absolute atomic E-state index is 0.00652. The first-order valence-electron chi connectivity index (χ1n) is 13.5. The molecule has 10 nitrogen and oxygen atoms in total. The van der Waals surface area contributed by atoms with E-state index in [4.69, 9.17) is 14.2 Å². The number of esters is 1. The van der Waals surface area contributed by atoms with Gasteiger partial charge in [0, 0.05) is 12.5 Å². The van der Waals surface area contributed by atoms with Crippen LogP contribution >= 0.6 is 0 Å². The summed E-state index contributed by atoms with van der Waals surface area (Å²) < 4.78 is 16.4. The second-order valence-corrected chi connectivity index (χ2v) is 11.0. The minimum Gasteiger partial charge on any atom is -0.459 e. The van der Waals surface area contributed by atoms with E-state index < -0.39 is 47.2 Å². The number of hydrogen-bond acceptors (Lipinski definition) is 7. The number of alkyl carbamates (subject to hydrolysis) is 2. The third-order valence-corrected chi connectivity index (χ3v) is 6.56. The Hall–Kier alpha value is -4.34. The van der Waals surface area contributed by atoms with Gasteiger partial charge in [-0.2, -0.15) is 0 Å². The highest BCUT2D eigenvalue weighted by atomic mass is 16.6. The number of likely N-dealkylation sites (tertiary alicyclic amines) is 1. The molecule has 10 heteroatoms. The first-order chi connectivity index (χ1) is 19.4. The van der Waals surface area contributed by atoms with Crippen LogP contribution in [-0.2, 0) is 37.0 Å². The maximum Gasteiger partial charge on any atom is 0.408 e. The van der Waals surface area contributed by atoms with Crippen LogP contribution in [0.1, 0.15) is 45.2 Å². The third kappa shape index (κ3) is 8.83. The molecule has 0 spiro atoms. The molecule has 3 amide bonds. The molecule has 1 heterocycles. The van der Waals surface area contributed by atoms with Crippen LogP contribution in [0.25, 0.3) is 0 Å². The molecule has 0 bridgehead atoms. The molecule has 220 valence electrons.